The number of hydrogen-bond donors (Lipinski definition) is 2. The average molecular weight is 380 g/mol. The Labute approximate surface area is 151 Å². The Morgan fingerprint density at radius 3 is 2.96 bits per heavy atom. The van der Waals surface area contributed by atoms with Gasteiger partial charge in [-0.2, -0.15) is 0 Å². The summed E-state index contributed by atoms with van der Waals surface area (Å²) < 4.78 is 0. The van der Waals surface area contributed by atoms with Crippen LogP contribution in [0.25, 0.3) is 10.2 Å². The highest BCUT2D eigenvalue weighted by atomic mass is 35.5. The smallest absolute Gasteiger partial charge is 0.260 e. The van der Waals surface area contributed by atoms with E-state index in [0.717, 1.165) is 10.4 Å². The predicted molar refractivity (Wildman–Crippen MR) is 101 cm³/mol. The maximum absolute atomic E-state index is 12.2. The second-order valence-electron chi connectivity index (χ2n) is 5.18. The van der Waals surface area contributed by atoms with Crippen molar-refractivity contribution < 1.29 is 4.79 Å². The number of thioether (sulfide) groups is 1. The summed E-state index contributed by atoms with van der Waals surface area (Å²) in [6, 6.07) is 6.94. The van der Waals surface area contributed by atoms with Crippen LogP contribution in [0.4, 0.5) is 5.69 Å². The molecule has 1 aromatic carbocycles. The van der Waals surface area contributed by atoms with E-state index in [0.29, 0.717) is 26.1 Å². The SMILES string of the molecule is Cc1sc2nc(SCC(=O)Nc3cccc(Cl)c3)[nH]c(=O)c2c1C. The highest BCUT2D eigenvalue weighted by Crippen LogP contribution is 2.27. The number of hydrogen-bond acceptors (Lipinski definition) is 5. The van der Waals surface area contributed by atoms with Crippen LogP contribution in [0.15, 0.2) is 34.2 Å². The third-order valence-corrected chi connectivity index (χ3v) is 5.68. The number of nitrogens with one attached hydrogen (secondary N) is 2. The van der Waals surface area contributed by atoms with Crippen molar-refractivity contribution in [1.82, 2.24) is 9.97 Å². The Morgan fingerprint density at radius 1 is 1.42 bits per heavy atom. The summed E-state index contributed by atoms with van der Waals surface area (Å²) in [5, 5.41) is 4.38. The Morgan fingerprint density at radius 2 is 2.21 bits per heavy atom. The molecular weight excluding hydrogens is 366 g/mol. The van der Waals surface area contributed by atoms with E-state index in [4.69, 9.17) is 11.6 Å². The number of thiophene rings is 1. The molecule has 1 amide bonds. The minimum Gasteiger partial charge on any atom is -0.325 e. The highest BCUT2D eigenvalue weighted by molar-refractivity contribution is 7.99. The van der Waals surface area contributed by atoms with E-state index < -0.39 is 0 Å². The largest absolute Gasteiger partial charge is 0.325 e. The molecule has 0 bridgehead atoms. The molecule has 2 heterocycles. The van der Waals surface area contributed by atoms with Gasteiger partial charge in [0.2, 0.25) is 5.91 Å². The third kappa shape index (κ3) is 3.63. The van der Waals surface area contributed by atoms with Gasteiger partial charge in [-0.25, -0.2) is 4.98 Å². The van der Waals surface area contributed by atoms with E-state index in [1.54, 1.807) is 24.3 Å². The molecule has 2 aromatic heterocycles. The quantitative estimate of drug-likeness (QED) is 0.531. The lowest BCUT2D eigenvalue weighted by atomic mass is 10.2. The number of carbonyl (C=O) groups is 1. The number of nitrogens with zero attached hydrogens (tertiary/aromatic N) is 1. The molecule has 0 saturated carbocycles. The minimum atomic E-state index is -0.191. The molecule has 0 unspecified atom stereocenters. The Bertz CT molecular complexity index is 981. The predicted octanol–water partition coefficient (Wildman–Crippen LogP) is 3.99. The molecule has 0 aliphatic heterocycles. The Balaban J connectivity index is 1.71. The molecular formula is C16H14ClN3O2S2. The number of rotatable bonds is 4. The van der Waals surface area contributed by atoms with Crippen molar-refractivity contribution in [1.29, 1.82) is 0 Å². The lowest BCUT2D eigenvalue weighted by Crippen LogP contribution is -2.15. The second kappa shape index (κ2) is 6.96. The fraction of sp³-hybridized carbons (Fsp3) is 0.188. The summed E-state index contributed by atoms with van der Waals surface area (Å²) in [5.74, 6) is -0.0480. The van der Waals surface area contributed by atoms with Crippen molar-refractivity contribution in [3.63, 3.8) is 0 Å². The number of anilines is 1. The topological polar surface area (TPSA) is 74.8 Å². The summed E-state index contributed by atoms with van der Waals surface area (Å²) in [4.78, 5) is 33.1. The van der Waals surface area contributed by atoms with Crippen LogP contribution >= 0.6 is 34.7 Å². The molecule has 124 valence electrons. The summed E-state index contributed by atoms with van der Waals surface area (Å²) in [5.41, 5.74) is 1.42. The Kier molecular flexibility index (Phi) is 4.93. The van der Waals surface area contributed by atoms with Crippen molar-refractivity contribution in [3.05, 3.63) is 50.1 Å². The number of benzene rings is 1. The van der Waals surface area contributed by atoms with Crippen LogP contribution in [0.2, 0.25) is 5.02 Å². The van der Waals surface area contributed by atoms with Gasteiger partial charge in [-0.05, 0) is 37.6 Å². The van der Waals surface area contributed by atoms with E-state index in [-0.39, 0.29) is 17.2 Å². The number of halogens is 1. The maximum Gasteiger partial charge on any atom is 0.260 e. The zero-order chi connectivity index (χ0) is 17.3. The first-order chi connectivity index (χ1) is 11.4. The van der Waals surface area contributed by atoms with Crippen LogP contribution in [0.3, 0.4) is 0 Å². The lowest BCUT2D eigenvalue weighted by molar-refractivity contribution is -0.113. The summed E-state index contributed by atoms with van der Waals surface area (Å²) in [6.45, 7) is 3.88. The zero-order valence-corrected chi connectivity index (χ0v) is 15.4. The maximum atomic E-state index is 12.2. The van der Waals surface area contributed by atoms with Crippen molar-refractivity contribution in [2.45, 2.75) is 19.0 Å². The zero-order valence-electron chi connectivity index (χ0n) is 13.0. The van der Waals surface area contributed by atoms with E-state index in [1.165, 1.54) is 23.1 Å². The first-order valence-corrected chi connectivity index (χ1v) is 9.30. The van der Waals surface area contributed by atoms with Crippen molar-refractivity contribution in [3.8, 4) is 0 Å². The molecule has 0 spiro atoms. The van der Waals surface area contributed by atoms with E-state index in [2.05, 4.69) is 15.3 Å². The number of aromatic nitrogens is 2. The van der Waals surface area contributed by atoms with E-state index in [9.17, 15) is 9.59 Å². The van der Waals surface area contributed by atoms with Crippen molar-refractivity contribution in [2.75, 3.05) is 11.1 Å². The number of amides is 1. The molecule has 0 fully saturated rings. The normalized spacial score (nSPS) is 11.0. The van der Waals surface area contributed by atoms with Crippen LogP contribution in [0.1, 0.15) is 10.4 Å². The molecule has 0 atom stereocenters. The molecule has 5 nitrogen and oxygen atoms in total. The molecule has 3 rings (SSSR count). The van der Waals surface area contributed by atoms with Crippen molar-refractivity contribution >= 4 is 56.5 Å². The molecule has 0 radical (unpaired) electrons. The first-order valence-electron chi connectivity index (χ1n) is 7.12. The number of H-pyrrole nitrogens is 1. The fourth-order valence-electron chi connectivity index (χ4n) is 2.20. The first kappa shape index (κ1) is 17.0. The van der Waals surface area contributed by atoms with Crippen LogP contribution < -0.4 is 10.9 Å². The fourth-order valence-corrected chi connectivity index (χ4v) is 4.14. The van der Waals surface area contributed by atoms with Crippen LogP contribution in [0, 0.1) is 13.8 Å². The summed E-state index contributed by atoms with van der Waals surface area (Å²) >= 11 is 8.56. The van der Waals surface area contributed by atoms with Gasteiger partial charge in [0, 0.05) is 15.6 Å². The van der Waals surface area contributed by atoms with Gasteiger partial charge in [0.1, 0.15) is 4.83 Å². The van der Waals surface area contributed by atoms with Gasteiger partial charge in [0.25, 0.3) is 5.56 Å². The van der Waals surface area contributed by atoms with Gasteiger partial charge in [-0.3, -0.25) is 9.59 Å². The highest BCUT2D eigenvalue weighted by Gasteiger charge is 2.13. The molecule has 0 aliphatic rings. The van der Waals surface area contributed by atoms with Gasteiger partial charge in [-0.1, -0.05) is 29.4 Å². The van der Waals surface area contributed by atoms with Gasteiger partial charge >= 0.3 is 0 Å². The number of aryl methyl sites for hydroxylation is 2. The average Bonchev–Trinajstić information content (AvgIpc) is 2.80. The van der Waals surface area contributed by atoms with Gasteiger partial charge in [0.05, 0.1) is 11.1 Å². The standard InChI is InChI=1S/C16H14ClN3O2S2/c1-8-9(2)24-15-13(8)14(22)19-16(20-15)23-7-12(21)18-11-5-3-4-10(17)6-11/h3-6H,7H2,1-2H3,(H,18,21)(H,19,20,22). The molecule has 3 aromatic rings. The summed E-state index contributed by atoms with van der Waals surface area (Å²) in [6.07, 6.45) is 0. The van der Waals surface area contributed by atoms with Crippen LogP contribution in [-0.4, -0.2) is 21.6 Å². The van der Waals surface area contributed by atoms with Crippen molar-refractivity contribution in [2.24, 2.45) is 0 Å². The second-order valence-corrected chi connectivity index (χ2v) is 7.79. The molecule has 8 heteroatoms. The minimum absolute atomic E-state index is 0.143. The number of aromatic amines is 1. The number of fused-ring (bicyclic) bond motifs is 1. The van der Waals surface area contributed by atoms with Gasteiger partial charge in [-0.15, -0.1) is 11.3 Å². The monoisotopic (exact) mass is 379 g/mol. The Hall–Kier alpha value is -1.83. The van der Waals surface area contributed by atoms with Crippen LogP contribution in [-0.2, 0) is 4.79 Å². The molecule has 24 heavy (non-hydrogen) atoms. The lowest BCUT2D eigenvalue weighted by Gasteiger charge is -2.05. The number of carbonyl (C=O) groups excluding carboxylic acids is 1. The van der Waals surface area contributed by atoms with Gasteiger partial charge in [0.15, 0.2) is 5.16 Å². The molecule has 0 aliphatic carbocycles. The third-order valence-electron chi connectivity index (χ3n) is 3.47. The molecule has 0 saturated heterocycles. The summed E-state index contributed by atoms with van der Waals surface area (Å²) in [7, 11) is 0. The molecule has 2 N–H and O–H groups in total. The van der Waals surface area contributed by atoms with E-state index >= 15 is 0 Å². The van der Waals surface area contributed by atoms with E-state index in [1.807, 2.05) is 13.8 Å². The van der Waals surface area contributed by atoms with Gasteiger partial charge < -0.3 is 10.3 Å². The van der Waals surface area contributed by atoms with Crippen LogP contribution in [0.5, 0.6) is 0 Å².